The van der Waals surface area contributed by atoms with Crippen molar-refractivity contribution in [2.45, 2.75) is 173 Å². The van der Waals surface area contributed by atoms with Crippen molar-refractivity contribution >= 4 is 7.94 Å². The molecule has 0 aliphatic carbocycles. The number of hydrogen-bond acceptors (Lipinski definition) is 4. The van der Waals surface area contributed by atoms with Crippen LogP contribution in [0.15, 0.2) is 0 Å². The summed E-state index contributed by atoms with van der Waals surface area (Å²) < 4.78 is 0. The Labute approximate surface area is 221 Å². The van der Waals surface area contributed by atoms with Gasteiger partial charge >= 0.3 is 0 Å². The Morgan fingerprint density at radius 2 is 0.914 bits per heavy atom. The van der Waals surface area contributed by atoms with E-state index in [1.54, 1.807) is 0 Å². The second kappa shape index (κ2) is 27.0. The lowest BCUT2D eigenvalue weighted by Gasteiger charge is -2.33. The van der Waals surface area contributed by atoms with Crippen molar-refractivity contribution < 1.29 is 10.00 Å². The van der Waals surface area contributed by atoms with Crippen LogP contribution in [0.1, 0.15) is 168 Å². The summed E-state index contributed by atoms with van der Waals surface area (Å²) in [5.74, 6) is 0. The highest BCUT2D eigenvalue weighted by molar-refractivity contribution is 7.37. The van der Waals surface area contributed by atoms with Crippen molar-refractivity contribution in [3.8, 4) is 0 Å². The van der Waals surface area contributed by atoms with E-state index < -0.39 is 7.94 Å². The molecule has 210 valence electrons. The minimum atomic E-state index is -1.93. The van der Waals surface area contributed by atoms with Gasteiger partial charge in [0.1, 0.15) is 6.16 Å². The van der Waals surface area contributed by atoms with Gasteiger partial charge in [0.2, 0.25) is 0 Å². The van der Waals surface area contributed by atoms with Gasteiger partial charge in [0.05, 0.1) is 12.1 Å². The van der Waals surface area contributed by atoms with Gasteiger partial charge in [0.15, 0.2) is 7.94 Å². The van der Waals surface area contributed by atoms with E-state index in [-0.39, 0.29) is 12.1 Å². The predicted molar refractivity (Wildman–Crippen MR) is 154 cm³/mol. The van der Waals surface area contributed by atoms with Crippen LogP contribution in [0.3, 0.4) is 0 Å². The van der Waals surface area contributed by atoms with E-state index in [2.05, 4.69) is 19.2 Å². The van der Waals surface area contributed by atoms with Gasteiger partial charge in [0, 0.05) is 6.54 Å². The molecule has 0 aromatic rings. The Morgan fingerprint density at radius 1 is 0.600 bits per heavy atom. The van der Waals surface area contributed by atoms with Crippen LogP contribution in [0.25, 0.3) is 0 Å². The molecule has 35 heavy (non-hydrogen) atoms. The minimum absolute atomic E-state index is 0.104. The summed E-state index contributed by atoms with van der Waals surface area (Å²) in [6.07, 6.45) is 31.6. The Morgan fingerprint density at radius 3 is 1.20 bits per heavy atom. The molecule has 0 saturated carbocycles. The fourth-order valence-corrected chi connectivity index (χ4v) is 6.34. The average Bonchev–Trinajstić information content (AvgIpc) is 2.84. The van der Waals surface area contributed by atoms with Gasteiger partial charge in [-0.2, -0.15) is 0 Å². The molecule has 0 aromatic carbocycles. The third-order valence-corrected chi connectivity index (χ3v) is 8.47. The normalized spacial score (nSPS) is 12.4. The molecule has 0 rings (SSSR count). The zero-order valence-electron chi connectivity index (χ0n) is 23.9. The Hall–Kier alpha value is -0.0200. The summed E-state index contributed by atoms with van der Waals surface area (Å²) in [6, 6.07) is 0. The fourth-order valence-electron chi connectivity index (χ4n) is 5.37. The Kier molecular flexibility index (Phi) is 27.0. The minimum Gasteiger partial charge on any atom is -0.612 e. The van der Waals surface area contributed by atoms with E-state index in [9.17, 15) is 10.00 Å². The monoisotopic (exact) mass is 514 g/mol. The first-order chi connectivity index (χ1) is 17.1. The van der Waals surface area contributed by atoms with Crippen LogP contribution in [0.4, 0.5) is 0 Å². The van der Waals surface area contributed by atoms with Crippen LogP contribution in [0.5, 0.6) is 0 Å². The van der Waals surface area contributed by atoms with E-state index in [0.717, 1.165) is 25.7 Å². The Balaban J connectivity index is 4.14. The first-order valence-electron chi connectivity index (χ1n) is 15.6. The average molecular weight is 515 g/mol. The maximum Gasteiger partial charge on any atom is 0.161 e. The molecule has 1 unspecified atom stereocenters. The van der Waals surface area contributed by atoms with E-state index in [4.69, 9.17) is 5.16 Å². The highest BCUT2D eigenvalue weighted by Crippen LogP contribution is 2.30. The maximum absolute atomic E-state index is 11.9. The molecule has 0 aliphatic rings. The molecule has 0 bridgehead atoms. The van der Waals surface area contributed by atoms with Crippen LogP contribution in [0, 0.1) is 5.16 Å². The Bertz CT molecular complexity index is 422. The third-order valence-electron chi connectivity index (χ3n) is 7.58. The first-order valence-corrected chi connectivity index (χ1v) is 17.1. The fraction of sp³-hybridized carbons (Fsp3) is 1.00. The number of nitrogens with one attached hydrogen (secondary N) is 2. The summed E-state index contributed by atoms with van der Waals surface area (Å²) in [4.78, 5) is 11.9. The maximum atomic E-state index is 11.9. The standard InChI is InChI=1S/C30H63N2O2P/c1-3-5-7-9-11-13-15-17-19-21-23-25-30(29-35(31)34,32-27-28-33)26-24-22-20-18-16-14-12-10-8-6-4-2/h31-33H,3-29H2,1-2H3. The largest absolute Gasteiger partial charge is 0.612 e. The van der Waals surface area contributed by atoms with Gasteiger partial charge in [0.25, 0.3) is 0 Å². The molecular weight excluding hydrogens is 451 g/mol. The molecule has 0 saturated heterocycles. The number of aliphatic hydroxyl groups is 1. The van der Waals surface area contributed by atoms with Gasteiger partial charge in [-0.15, -0.1) is 5.16 Å². The quantitative estimate of drug-likeness (QED) is 0.0687. The molecule has 0 fully saturated rings. The lowest BCUT2D eigenvalue weighted by Crippen LogP contribution is -2.49. The van der Waals surface area contributed by atoms with Gasteiger partial charge in [-0.25, -0.2) is 0 Å². The van der Waals surface area contributed by atoms with E-state index in [1.165, 1.54) is 128 Å². The van der Waals surface area contributed by atoms with Crippen LogP contribution in [-0.4, -0.2) is 30.0 Å². The zero-order valence-corrected chi connectivity index (χ0v) is 24.8. The van der Waals surface area contributed by atoms with Gasteiger partial charge in [-0.1, -0.05) is 155 Å². The molecule has 3 N–H and O–H groups in total. The number of unbranched alkanes of at least 4 members (excludes halogenated alkanes) is 20. The molecular formula is C30H63N2O2P. The smallest absolute Gasteiger partial charge is 0.161 e. The molecule has 0 heterocycles. The highest BCUT2D eigenvalue weighted by atomic mass is 31.1. The number of β-amino-alcohol motifs (C(OH)–C–C–N with tert-alkyl or cyclic N) is 1. The van der Waals surface area contributed by atoms with Crippen molar-refractivity contribution in [1.29, 1.82) is 5.16 Å². The van der Waals surface area contributed by atoms with Crippen molar-refractivity contribution in [3.63, 3.8) is 0 Å². The van der Waals surface area contributed by atoms with Gasteiger partial charge < -0.3 is 15.3 Å². The molecule has 0 spiro atoms. The van der Waals surface area contributed by atoms with E-state index in [1.807, 2.05) is 0 Å². The van der Waals surface area contributed by atoms with Crippen molar-refractivity contribution in [1.82, 2.24) is 5.32 Å². The van der Waals surface area contributed by atoms with Crippen LogP contribution in [0.2, 0.25) is 0 Å². The third kappa shape index (κ3) is 24.1. The molecule has 5 heteroatoms. The van der Waals surface area contributed by atoms with Crippen LogP contribution >= 0.6 is 7.94 Å². The van der Waals surface area contributed by atoms with Crippen LogP contribution in [-0.2, 0) is 0 Å². The number of rotatable bonds is 29. The number of hydrogen-bond donors (Lipinski definition) is 3. The molecule has 0 amide bonds. The molecule has 0 aromatic heterocycles. The molecule has 4 nitrogen and oxygen atoms in total. The highest BCUT2D eigenvalue weighted by Gasteiger charge is 2.32. The zero-order chi connectivity index (χ0) is 25.9. The molecule has 0 radical (unpaired) electrons. The summed E-state index contributed by atoms with van der Waals surface area (Å²) in [6.45, 7) is 5.19. The van der Waals surface area contributed by atoms with Crippen molar-refractivity contribution in [3.05, 3.63) is 0 Å². The van der Waals surface area contributed by atoms with Gasteiger partial charge in [-0.05, 0) is 12.8 Å². The summed E-state index contributed by atoms with van der Waals surface area (Å²) in [5.41, 5.74) is -0.226. The lowest BCUT2D eigenvalue weighted by molar-refractivity contribution is -0.157. The summed E-state index contributed by atoms with van der Waals surface area (Å²) in [5, 5.41) is 20.7. The summed E-state index contributed by atoms with van der Waals surface area (Å²) in [7, 11) is -1.93. The van der Waals surface area contributed by atoms with E-state index >= 15 is 0 Å². The van der Waals surface area contributed by atoms with Gasteiger partial charge in [-0.3, -0.25) is 0 Å². The predicted octanol–water partition coefficient (Wildman–Crippen LogP) is 9.23. The van der Waals surface area contributed by atoms with Crippen LogP contribution < -0.4 is 10.2 Å². The second-order valence-corrected chi connectivity index (χ2v) is 12.1. The lowest BCUT2D eigenvalue weighted by atomic mass is 9.87. The number of aliphatic hydroxyl groups excluding tert-OH is 1. The molecule has 0 aliphatic heterocycles. The topological polar surface area (TPSA) is 79.2 Å². The SMILES string of the molecule is CCCCCCCCCCCCCC(CCCCCCCCCCCCC)(C[P+](=N)[O-])NCCO. The summed E-state index contributed by atoms with van der Waals surface area (Å²) >= 11 is 0. The van der Waals surface area contributed by atoms with Crippen molar-refractivity contribution in [2.75, 3.05) is 19.3 Å². The second-order valence-electron chi connectivity index (χ2n) is 11.0. The first kappa shape index (κ1) is 35.0. The molecule has 1 atom stereocenters. The van der Waals surface area contributed by atoms with E-state index in [0.29, 0.717) is 12.7 Å². The van der Waals surface area contributed by atoms with Crippen molar-refractivity contribution in [2.24, 2.45) is 0 Å².